The molecule has 1 aromatic carbocycles. The highest BCUT2D eigenvalue weighted by Gasteiger charge is 2.48. The molecule has 0 aromatic heterocycles. The van der Waals surface area contributed by atoms with Crippen molar-refractivity contribution in [2.24, 2.45) is 0 Å². The minimum absolute atomic E-state index is 0.0577. The molecule has 5 nitrogen and oxygen atoms in total. The van der Waals surface area contributed by atoms with Gasteiger partial charge in [0.25, 0.3) is 0 Å². The van der Waals surface area contributed by atoms with Crippen molar-refractivity contribution >= 4 is 18.0 Å². The highest BCUT2D eigenvalue weighted by molar-refractivity contribution is 5.95. The molecule has 8 heteroatoms. The highest BCUT2D eigenvalue weighted by atomic mass is 19.4. The van der Waals surface area contributed by atoms with Crippen molar-refractivity contribution in [2.75, 3.05) is 0 Å². The first-order valence-electron chi connectivity index (χ1n) is 7.72. The number of hydrogen-bond donors (Lipinski definition) is 2. The van der Waals surface area contributed by atoms with Gasteiger partial charge in [-0.2, -0.15) is 13.2 Å². The van der Waals surface area contributed by atoms with E-state index in [1.807, 2.05) is 6.92 Å². The molecule has 0 fully saturated rings. The first-order chi connectivity index (χ1) is 11.6. The second kappa shape index (κ2) is 7.16. The maximum atomic E-state index is 13.1. The normalized spacial score (nSPS) is 16.5. The largest absolute Gasteiger partial charge is 0.478 e. The zero-order chi connectivity index (χ0) is 18.8. The number of carboxylic acids is 1. The third-order valence-corrected chi connectivity index (χ3v) is 3.80. The van der Waals surface area contributed by atoms with E-state index in [0.29, 0.717) is 24.0 Å². The number of nitrogens with one attached hydrogen (secondary N) is 1. The van der Waals surface area contributed by atoms with Crippen molar-refractivity contribution in [3.63, 3.8) is 0 Å². The van der Waals surface area contributed by atoms with E-state index in [4.69, 9.17) is 9.84 Å². The van der Waals surface area contributed by atoms with Crippen LogP contribution in [0.1, 0.15) is 36.5 Å². The maximum Gasteiger partial charge on any atom is 0.430 e. The number of fused-ring (bicyclic) bond motifs is 1. The number of ether oxygens (including phenoxy) is 1. The van der Waals surface area contributed by atoms with Gasteiger partial charge in [0.2, 0.25) is 12.0 Å². The Labute approximate surface area is 142 Å². The van der Waals surface area contributed by atoms with Crippen LogP contribution in [0.3, 0.4) is 0 Å². The number of aryl methyl sites for hydroxylation is 1. The van der Waals surface area contributed by atoms with Crippen LogP contribution in [0.15, 0.2) is 17.7 Å². The second-order valence-electron chi connectivity index (χ2n) is 5.79. The summed E-state index contributed by atoms with van der Waals surface area (Å²) in [5, 5.41) is 11.7. The molecule has 0 saturated heterocycles. The fraction of sp³-hybridized carbons (Fsp3) is 0.412. The van der Waals surface area contributed by atoms with Crippen molar-refractivity contribution in [1.82, 2.24) is 5.32 Å². The van der Waals surface area contributed by atoms with Gasteiger partial charge in [-0.3, -0.25) is 4.79 Å². The van der Waals surface area contributed by atoms with Crippen molar-refractivity contribution in [1.29, 1.82) is 0 Å². The van der Waals surface area contributed by atoms with E-state index >= 15 is 0 Å². The number of alkyl halides is 3. The Balaban J connectivity index is 2.33. The average molecular weight is 357 g/mol. The minimum Gasteiger partial charge on any atom is -0.478 e. The van der Waals surface area contributed by atoms with Gasteiger partial charge in [0.15, 0.2) is 0 Å². The summed E-state index contributed by atoms with van der Waals surface area (Å²) in [6, 6.07) is 2.96. The molecule has 0 bridgehead atoms. The second-order valence-corrected chi connectivity index (χ2v) is 5.79. The van der Waals surface area contributed by atoms with Gasteiger partial charge in [0.05, 0.1) is 5.57 Å². The summed E-state index contributed by atoms with van der Waals surface area (Å²) in [7, 11) is 0. The topological polar surface area (TPSA) is 75.6 Å². The lowest BCUT2D eigenvalue weighted by atomic mass is 9.97. The minimum atomic E-state index is -4.84. The fourth-order valence-electron chi connectivity index (χ4n) is 2.52. The molecule has 1 amide bonds. The molecule has 0 aliphatic carbocycles. The molecule has 0 spiro atoms. The van der Waals surface area contributed by atoms with Gasteiger partial charge in [-0.05, 0) is 42.7 Å². The average Bonchev–Trinajstić information content (AvgIpc) is 2.51. The van der Waals surface area contributed by atoms with Crippen LogP contribution in [0.4, 0.5) is 13.2 Å². The zero-order valence-corrected chi connectivity index (χ0v) is 13.7. The molecule has 136 valence electrons. The van der Waals surface area contributed by atoms with Gasteiger partial charge < -0.3 is 15.2 Å². The van der Waals surface area contributed by atoms with E-state index in [-0.39, 0.29) is 23.8 Å². The smallest absolute Gasteiger partial charge is 0.430 e. The summed E-state index contributed by atoms with van der Waals surface area (Å²) >= 11 is 0. The van der Waals surface area contributed by atoms with Crippen molar-refractivity contribution in [3.05, 3.63) is 34.4 Å². The Morgan fingerprint density at radius 2 is 2.00 bits per heavy atom. The Bertz CT molecular complexity index is 725. The van der Waals surface area contributed by atoms with Gasteiger partial charge in [-0.25, -0.2) is 4.79 Å². The molecule has 2 rings (SSSR count). The summed E-state index contributed by atoms with van der Waals surface area (Å²) in [6.45, 7) is 3.75. The number of amides is 1. The molecule has 0 saturated carbocycles. The SMILES string of the molecule is CCCC(=O)NCc1cc2c(cc1C)C=C(C(=O)O)C(C(F)(F)F)O2. The molecule has 1 atom stereocenters. The van der Waals surface area contributed by atoms with E-state index in [1.54, 1.807) is 13.0 Å². The lowest BCUT2D eigenvalue weighted by Gasteiger charge is -2.27. The summed E-state index contributed by atoms with van der Waals surface area (Å²) in [5.74, 6) is -1.89. The predicted molar refractivity (Wildman–Crippen MR) is 84.0 cm³/mol. The number of carboxylic acid groups (broad SMARTS) is 1. The van der Waals surface area contributed by atoms with E-state index in [1.165, 1.54) is 6.07 Å². The third kappa shape index (κ3) is 4.32. The Hall–Kier alpha value is -2.51. The van der Waals surface area contributed by atoms with Gasteiger partial charge in [-0.1, -0.05) is 6.92 Å². The zero-order valence-electron chi connectivity index (χ0n) is 13.7. The monoisotopic (exact) mass is 357 g/mol. The molecule has 1 unspecified atom stereocenters. The van der Waals surface area contributed by atoms with Crippen LogP contribution >= 0.6 is 0 Å². The number of rotatable bonds is 5. The third-order valence-electron chi connectivity index (χ3n) is 3.80. The molecule has 2 N–H and O–H groups in total. The quantitative estimate of drug-likeness (QED) is 0.849. The van der Waals surface area contributed by atoms with Crippen LogP contribution < -0.4 is 10.1 Å². The van der Waals surface area contributed by atoms with Crippen molar-refractivity contribution in [3.8, 4) is 5.75 Å². The van der Waals surface area contributed by atoms with E-state index in [2.05, 4.69) is 5.32 Å². The van der Waals surface area contributed by atoms with Crippen LogP contribution in [0, 0.1) is 6.92 Å². The fourth-order valence-corrected chi connectivity index (χ4v) is 2.52. The van der Waals surface area contributed by atoms with E-state index < -0.39 is 23.8 Å². The summed E-state index contributed by atoms with van der Waals surface area (Å²) in [5.41, 5.74) is 0.726. The van der Waals surface area contributed by atoms with Crippen LogP contribution in [0.2, 0.25) is 0 Å². The van der Waals surface area contributed by atoms with Crippen LogP contribution in [0.25, 0.3) is 6.08 Å². The van der Waals surface area contributed by atoms with E-state index in [9.17, 15) is 22.8 Å². The van der Waals surface area contributed by atoms with Gasteiger partial charge in [0, 0.05) is 18.5 Å². The Kier molecular flexibility index (Phi) is 5.39. The predicted octanol–water partition coefficient (Wildman–Crippen LogP) is 3.20. The number of halogens is 3. The van der Waals surface area contributed by atoms with Gasteiger partial charge in [0.1, 0.15) is 5.75 Å². The van der Waals surface area contributed by atoms with Gasteiger partial charge in [-0.15, -0.1) is 0 Å². The molecule has 1 aliphatic rings. The van der Waals surface area contributed by atoms with Crippen molar-refractivity contribution < 1.29 is 32.6 Å². The standard InChI is InChI=1S/C17H18F3NO4/c1-3-4-14(22)21-8-11-7-13-10(5-9(11)2)6-12(16(23)24)15(25-13)17(18,19)20/h5-7,15H,3-4,8H2,1-2H3,(H,21,22)(H,23,24). The lowest BCUT2D eigenvalue weighted by Crippen LogP contribution is -2.40. The first-order valence-corrected chi connectivity index (χ1v) is 7.72. The molecular formula is C17H18F3NO4. The van der Waals surface area contributed by atoms with Crippen molar-refractivity contribution in [2.45, 2.75) is 45.5 Å². The van der Waals surface area contributed by atoms with Gasteiger partial charge >= 0.3 is 12.1 Å². The van der Waals surface area contributed by atoms with Crippen LogP contribution in [-0.2, 0) is 16.1 Å². The number of aliphatic carboxylic acids is 1. The Morgan fingerprint density at radius 3 is 2.56 bits per heavy atom. The number of benzene rings is 1. The lowest BCUT2D eigenvalue weighted by molar-refractivity contribution is -0.187. The number of carbonyl (C=O) groups excluding carboxylic acids is 1. The molecule has 1 heterocycles. The van der Waals surface area contributed by atoms with Crippen LogP contribution in [0.5, 0.6) is 5.75 Å². The molecule has 1 aliphatic heterocycles. The number of carbonyl (C=O) groups is 2. The van der Waals surface area contributed by atoms with Crippen LogP contribution in [-0.4, -0.2) is 29.3 Å². The first kappa shape index (κ1) is 18.8. The molecule has 25 heavy (non-hydrogen) atoms. The summed E-state index contributed by atoms with van der Waals surface area (Å²) < 4.78 is 44.2. The molecular weight excluding hydrogens is 339 g/mol. The summed E-state index contributed by atoms with van der Waals surface area (Å²) in [6.07, 6.45) is -5.34. The number of hydrogen-bond acceptors (Lipinski definition) is 3. The maximum absolute atomic E-state index is 13.1. The van der Waals surface area contributed by atoms with E-state index in [0.717, 1.165) is 6.08 Å². The molecule has 1 aromatic rings. The summed E-state index contributed by atoms with van der Waals surface area (Å²) in [4.78, 5) is 22.7. The molecule has 0 radical (unpaired) electrons. The Morgan fingerprint density at radius 1 is 1.32 bits per heavy atom. The highest BCUT2D eigenvalue weighted by Crippen LogP contribution is 2.38.